The van der Waals surface area contributed by atoms with Crippen LogP contribution in [0.3, 0.4) is 0 Å². The van der Waals surface area contributed by atoms with E-state index in [2.05, 4.69) is 10.5 Å². The molecule has 1 aromatic heterocycles. The first kappa shape index (κ1) is 10.5. The van der Waals surface area contributed by atoms with Gasteiger partial charge in [-0.05, 0) is 12.1 Å². The van der Waals surface area contributed by atoms with E-state index >= 15 is 0 Å². The second-order valence-electron chi connectivity index (χ2n) is 3.30. The number of aromatic hydroxyl groups is 1. The molecule has 0 bridgehead atoms. The van der Waals surface area contributed by atoms with Gasteiger partial charge in [-0.2, -0.15) is 0 Å². The summed E-state index contributed by atoms with van der Waals surface area (Å²) in [4.78, 5) is 0. The van der Waals surface area contributed by atoms with E-state index in [9.17, 15) is 5.11 Å². The quantitative estimate of drug-likeness (QED) is 0.724. The number of anilines is 1. The maximum Gasteiger partial charge on any atom is 0.193 e. The third-order valence-corrected chi connectivity index (χ3v) is 2.18. The topological polar surface area (TPSA) is 84.3 Å². The number of nitrogens with two attached hydrogens (primary N) is 1. The normalized spacial score (nSPS) is 10.3. The molecule has 0 spiro atoms. The number of phenolic OH excluding ortho intramolecular Hbond substituents is 1. The second-order valence-corrected chi connectivity index (χ2v) is 3.30. The highest BCUT2D eigenvalue weighted by molar-refractivity contribution is 5.76. The third kappa shape index (κ3) is 1.99. The zero-order valence-corrected chi connectivity index (χ0v) is 8.68. The Morgan fingerprint density at radius 2 is 2.19 bits per heavy atom. The van der Waals surface area contributed by atoms with E-state index in [1.54, 1.807) is 24.4 Å². The van der Waals surface area contributed by atoms with Gasteiger partial charge >= 0.3 is 0 Å². The molecule has 84 valence electrons. The van der Waals surface area contributed by atoms with Crippen molar-refractivity contribution in [3.05, 3.63) is 30.5 Å². The Balaban J connectivity index is 2.33. The number of para-hydroxylation sites is 1. The minimum Gasteiger partial charge on any atom is -0.507 e. The predicted octanol–water partition coefficient (Wildman–Crippen LogP) is 1.42. The summed E-state index contributed by atoms with van der Waals surface area (Å²) in [6, 6.07) is 6.94. The number of aromatic nitrogens is 1. The standard InChI is InChI=1S/C11H13N3O2/c12-5-6-13-9-7-14-16-11(9)8-3-1-2-4-10(8)15/h1-4,7,13,15H,5-6,12H2. The van der Waals surface area contributed by atoms with Gasteiger partial charge < -0.3 is 20.7 Å². The van der Waals surface area contributed by atoms with Crippen molar-refractivity contribution in [2.24, 2.45) is 5.73 Å². The first-order valence-corrected chi connectivity index (χ1v) is 5.00. The molecule has 16 heavy (non-hydrogen) atoms. The van der Waals surface area contributed by atoms with E-state index in [4.69, 9.17) is 10.3 Å². The lowest BCUT2D eigenvalue weighted by atomic mass is 10.1. The molecule has 5 heteroatoms. The second kappa shape index (κ2) is 4.67. The zero-order chi connectivity index (χ0) is 11.4. The molecule has 1 heterocycles. The highest BCUT2D eigenvalue weighted by Gasteiger charge is 2.13. The molecule has 1 aromatic carbocycles. The molecule has 4 N–H and O–H groups in total. The monoisotopic (exact) mass is 219 g/mol. The molecule has 2 rings (SSSR count). The van der Waals surface area contributed by atoms with Crippen molar-refractivity contribution in [2.75, 3.05) is 18.4 Å². The summed E-state index contributed by atoms with van der Waals surface area (Å²) in [5.41, 5.74) is 6.74. The van der Waals surface area contributed by atoms with Crippen LogP contribution in [0, 0.1) is 0 Å². The van der Waals surface area contributed by atoms with Crippen LogP contribution in [0.1, 0.15) is 0 Å². The Labute approximate surface area is 92.9 Å². The van der Waals surface area contributed by atoms with Crippen molar-refractivity contribution in [1.29, 1.82) is 0 Å². The summed E-state index contributed by atoms with van der Waals surface area (Å²) in [5, 5.41) is 16.5. The lowest BCUT2D eigenvalue weighted by Crippen LogP contribution is -2.13. The molecule has 0 radical (unpaired) electrons. The summed E-state index contributed by atoms with van der Waals surface area (Å²) < 4.78 is 5.12. The van der Waals surface area contributed by atoms with E-state index < -0.39 is 0 Å². The van der Waals surface area contributed by atoms with Crippen LogP contribution in [-0.2, 0) is 0 Å². The van der Waals surface area contributed by atoms with Gasteiger partial charge in [-0.3, -0.25) is 0 Å². The molecule has 0 aliphatic carbocycles. The summed E-state index contributed by atoms with van der Waals surface area (Å²) in [6.07, 6.45) is 1.57. The van der Waals surface area contributed by atoms with Crippen LogP contribution in [0.15, 0.2) is 35.0 Å². The van der Waals surface area contributed by atoms with E-state index in [0.717, 1.165) is 5.69 Å². The molecule has 0 aliphatic rings. The lowest BCUT2D eigenvalue weighted by Gasteiger charge is -2.04. The number of hydrogen-bond acceptors (Lipinski definition) is 5. The highest BCUT2D eigenvalue weighted by Crippen LogP contribution is 2.33. The maximum atomic E-state index is 9.69. The van der Waals surface area contributed by atoms with Crippen LogP contribution in [0.4, 0.5) is 5.69 Å². The smallest absolute Gasteiger partial charge is 0.193 e. The SMILES string of the molecule is NCCNc1cnoc1-c1ccccc1O. The number of phenols is 1. The fourth-order valence-corrected chi connectivity index (χ4v) is 1.43. The van der Waals surface area contributed by atoms with Gasteiger partial charge in [-0.1, -0.05) is 17.3 Å². The van der Waals surface area contributed by atoms with Gasteiger partial charge in [0.25, 0.3) is 0 Å². The van der Waals surface area contributed by atoms with E-state index in [0.29, 0.717) is 24.4 Å². The van der Waals surface area contributed by atoms with Crippen LogP contribution in [-0.4, -0.2) is 23.4 Å². The fourth-order valence-electron chi connectivity index (χ4n) is 1.43. The molecule has 0 unspecified atom stereocenters. The Kier molecular flexibility index (Phi) is 3.07. The molecule has 0 saturated carbocycles. The third-order valence-electron chi connectivity index (χ3n) is 2.18. The van der Waals surface area contributed by atoms with Crippen molar-refractivity contribution in [2.45, 2.75) is 0 Å². The van der Waals surface area contributed by atoms with Crippen LogP contribution >= 0.6 is 0 Å². The van der Waals surface area contributed by atoms with Gasteiger partial charge in [0.05, 0.1) is 11.8 Å². The lowest BCUT2D eigenvalue weighted by molar-refractivity contribution is 0.426. The number of benzene rings is 1. The highest BCUT2D eigenvalue weighted by atomic mass is 16.5. The van der Waals surface area contributed by atoms with Crippen molar-refractivity contribution in [3.63, 3.8) is 0 Å². The van der Waals surface area contributed by atoms with Crippen LogP contribution < -0.4 is 11.1 Å². The molecule has 0 fully saturated rings. The first-order valence-electron chi connectivity index (χ1n) is 5.00. The van der Waals surface area contributed by atoms with Crippen LogP contribution in [0.5, 0.6) is 5.75 Å². The summed E-state index contributed by atoms with van der Waals surface area (Å²) in [6.45, 7) is 1.15. The Hall–Kier alpha value is -2.01. The Bertz CT molecular complexity index is 468. The molecule has 0 aliphatic heterocycles. The van der Waals surface area contributed by atoms with E-state index in [1.165, 1.54) is 0 Å². The average molecular weight is 219 g/mol. The molecule has 2 aromatic rings. The molecule has 5 nitrogen and oxygen atoms in total. The summed E-state index contributed by atoms with van der Waals surface area (Å²) in [5.74, 6) is 0.682. The Morgan fingerprint density at radius 3 is 2.94 bits per heavy atom. The Morgan fingerprint density at radius 1 is 1.38 bits per heavy atom. The number of rotatable bonds is 4. The first-order chi connectivity index (χ1) is 7.83. The fraction of sp³-hybridized carbons (Fsp3) is 0.182. The maximum absolute atomic E-state index is 9.69. The molecule has 0 atom stereocenters. The number of hydrogen-bond donors (Lipinski definition) is 3. The minimum absolute atomic E-state index is 0.162. The van der Waals surface area contributed by atoms with Gasteiger partial charge in [-0.15, -0.1) is 0 Å². The number of nitrogens with one attached hydrogen (secondary N) is 1. The van der Waals surface area contributed by atoms with Crippen LogP contribution in [0.2, 0.25) is 0 Å². The van der Waals surface area contributed by atoms with Gasteiger partial charge in [0, 0.05) is 13.1 Å². The number of nitrogens with zero attached hydrogens (tertiary/aromatic N) is 1. The summed E-state index contributed by atoms with van der Waals surface area (Å²) >= 11 is 0. The molecule has 0 amide bonds. The minimum atomic E-state index is 0.162. The van der Waals surface area contributed by atoms with Gasteiger partial charge in [0.2, 0.25) is 0 Å². The van der Waals surface area contributed by atoms with Crippen molar-refractivity contribution in [1.82, 2.24) is 5.16 Å². The van der Waals surface area contributed by atoms with Gasteiger partial charge in [0.15, 0.2) is 5.76 Å². The molecular weight excluding hydrogens is 206 g/mol. The van der Waals surface area contributed by atoms with Crippen LogP contribution in [0.25, 0.3) is 11.3 Å². The van der Waals surface area contributed by atoms with Crippen molar-refractivity contribution >= 4 is 5.69 Å². The van der Waals surface area contributed by atoms with Gasteiger partial charge in [0.1, 0.15) is 11.4 Å². The van der Waals surface area contributed by atoms with Gasteiger partial charge in [-0.25, -0.2) is 0 Å². The average Bonchev–Trinajstić information content (AvgIpc) is 2.75. The van der Waals surface area contributed by atoms with Crippen molar-refractivity contribution in [3.8, 4) is 17.1 Å². The molecular formula is C11H13N3O2. The van der Waals surface area contributed by atoms with Crippen molar-refractivity contribution < 1.29 is 9.63 Å². The summed E-state index contributed by atoms with van der Waals surface area (Å²) in [7, 11) is 0. The predicted molar refractivity (Wildman–Crippen MR) is 61.1 cm³/mol. The largest absolute Gasteiger partial charge is 0.507 e. The van der Waals surface area contributed by atoms with E-state index in [-0.39, 0.29) is 5.75 Å². The zero-order valence-electron chi connectivity index (χ0n) is 8.68. The molecule has 0 saturated heterocycles. The van der Waals surface area contributed by atoms with E-state index in [1.807, 2.05) is 6.07 Å².